The van der Waals surface area contributed by atoms with Gasteiger partial charge in [-0.3, -0.25) is 0 Å². The Bertz CT molecular complexity index is 3320. The van der Waals surface area contributed by atoms with Gasteiger partial charge in [-0.05, 0) is 98.6 Å². The van der Waals surface area contributed by atoms with Crippen molar-refractivity contribution in [2.24, 2.45) is 0 Å². The van der Waals surface area contributed by atoms with E-state index in [-0.39, 0.29) is 5.92 Å². The van der Waals surface area contributed by atoms with Gasteiger partial charge in [0.1, 0.15) is 0 Å². The molecule has 0 fully saturated rings. The standard InChI is InChI=1S/C55H36N2/c1-4-14-36(15-5-1)37-24-26-38(27-25-37)53-45-22-11-10-20-43(45)49-34-39(28-30-46(49)53)40-29-33-52-50(35-40)48-32-31-47-44-21-12-13-23-51(44)56(41-16-6-2-7-17-41)54(47)55(48)57(52)42-18-8-3-9-19-42/h1-35,53H. The minimum absolute atomic E-state index is 0.195. The number of benzene rings is 9. The zero-order chi connectivity index (χ0) is 37.5. The van der Waals surface area contributed by atoms with E-state index in [0.29, 0.717) is 0 Å². The van der Waals surface area contributed by atoms with Crippen molar-refractivity contribution in [1.82, 2.24) is 9.13 Å². The maximum Gasteiger partial charge on any atom is 0.0788 e. The van der Waals surface area contributed by atoms with Crippen LogP contribution in [0.15, 0.2) is 212 Å². The Morgan fingerprint density at radius 3 is 1.53 bits per heavy atom. The number of rotatable bonds is 5. The van der Waals surface area contributed by atoms with Crippen molar-refractivity contribution in [3.63, 3.8) is 0 Å². The number of fused-ring (bicyclic) bond motifs is 10. The number of hydrogen-bond acceptors (Lipinski definition) is 0. The first-order valence-corrected chi connectivity index (χ1v) is 19.8. The molecule has 0 aliphatic heterocycles. The van der Waals surface area contributed by atoms with E-state index in [1.54, 1.807) is 0 Å². The molecule has 1 aliphatic carbocycles. The van der Waals surface area contributed by atoms with Crippen LogP contribution in [0.2, 0.25) is 0 Å². The van der Waals surface area contributed by atoms with Crippen molar-refractivity contribution in [1.29, 1.82) is 0 Å². The van der Waals surface area contributed by atoms with Gasteiger partial charge in [0, 0.05) is 38.8 Å². The first-order valence-electron chi connectivity index (χ1n) is 19.8. The molecule has 2 heterocycles. The zero-order valence-electron chi connectivity index (χ0n) is 31.2. The van der Waals surface area contributed by atoms with Gasteiger partial charge in [-0.2, -0.15) is 0 Å². The zero-order valence-corrected chi connectivity index (χ0v) is 31.2. The smallest absolute Gasteiger partial charge is 0.0788 e. The van der Waals surface area contributed by atoms with E-state index < -0.39 is 0 Å². The molecule has 12 rings (SSSR count). The maximum absolute atomic E-state index is 2.47. The van der Waals surface area contributed by atoms with E-state index in [9.17, 15) is 0 Å². The highest BCUT2D eigenvalue weighted by atomic mass is 15.0. The Morgan fingerprint density at radius 1 is 0.298 bits per heavy atom. The normalized spacial score (nSPS) is 13.4. The van der Waals surface area contributed by atoms with Crippen molar-refractivity contribution in [2.45, 2.75) is 5.92 Å². The van der Waals surface area contributed by atoms with Gasteiger partial charge in [0.05, 0.1) is 22.1 Å². The number of hydrogen-bond donors (Lipinski definition) is 0. The van der Waals surface area contributed by atoms with E-state index in [1.807, 2.05) is 0 Å². The van der Waals surface area contributed by atoms with Gasteiger partial charge < -0.3 is 9.13 Å². The summed E-state index contributed by atoms with van der Waals surface area (Å²) in [6.45, 7) is 0. The molecule has 0 saturated carbocycles. The van der Waals surface area contributed by atoms with Gasteiger partial charge >= 0.3 is 0 Å². The summed E-state index contributed by atoms with van der Waals surface area (Å²) in [4.78, 5) is 0. The van der Waals surface area contributed by atoms with Gasteiger partial charge in [-0.1, -0.05) is 164 Å². The molecule has 0 radical (unpaired) electrons. The van der Waals surface area contributed by atoms with Crippen LogP contribution in [0.1, 0.15) is 22.6 Å². The number of nitrogens with zero attached hydrogens (tertiary/aromatic N) is 2. The fourth-order valence-electron chi connectivity index (χ4n) is 9.66. The molecular formula is C55H36N2. The summed E-state index contributed by atoms with van der Waals surface area (Å²) < 4.78 is 4.93. The van der Waals surface area contributed by atoms with Crippen molar-refractivity contribution in [3.05, 3.63) is 229 Å². The monoisotopic (exact) mass is 724 g/mol. The van der Waals surface area contributed by atoms with E-state index in [1.165, 1.54) is 93.7 Å². The van der Waals surface area contributed by atoms with E-state index in [4.69, 9.17) is 0 Å². The average Bonchev–Trinajstić information content (AvgIpc) is 3.93. The Labute approximate surface area is 331 Å². The summed E-state index contributed by atoms with van der Waals surface area (Å²) in [7, 11) is 0. The SMILES string of the molecule is c1ccc(-c2ccc(C3c4ccccc4-c4cc(-c5ccc6c(c5)c5ccc7c8ccccc8n(-c8ccccc8)c7c5n6-c5ccccc5)ccc43)cc2)cc1. The molecule has 2 heteroatoms. The molecule has 266 valence electrons. The first kappa shape index (κ1) is 31.9. The summed E-state index contributed by atoms with van der Waals surface area (Å²) >= 11 is 0. The summed E-state index contributed by atoms with van der Waals surface area (Å²) in [5, 5.41) is 5.00. The summed E-state index contributed by atoms with van der Waals surface area (Å²) in [5.41, 5.74) is 18.8. The Balaban J connectivity index is 1.05. The largest absolute Gasteiger partial charge is 0.307 e. The number of para-hydroxylation sites is 3. The molecule has 0 bridgehead atoms. The highest BCUT2D eigenvalue weighted by molar-refractivity contribution is 6.24. The first-order chi connectivity index (χ1) is 28.3. The molecule has 0 amide bonds. The molecular weight excluding hydrogens is 689 g/mol. The van der Waals surface area contributed by atoms with Crippen molar-refractivity contribution in [2.75, 3.05) is 0 Å². The summed E-state index contributed by atoms with van der Waals surface area (Å²) in [5.74, 6) is 0.195. The highest BCUT2D eigenvalue weighted by Crippen LogP contribution is 2.50. The van der Waals surface area contributed by atoms with Crippen molar-refractivity contribution < 1.29 is 0 Å². The Hall–Kier alpha value is -7.42. The molecule has 2 aromatic heterocycles. The minimum atomic E-state index is 0.195. The van der Waals surface area contributed by atoms with Crippen molar-refractivity contribution in [3.8, 4) is 44.8 Å². The number of aromatic nitrogens is 2. The lowest BCUT2D eigenvalue weighted by molar-refractivity contribution is 1.02. The van der Waals surface area contributed by atoms with Crippen LogP contribution in [-0.4, -0.2) is 9.13 Å². The van der Waals surface area contributed by atoms with Crippen LogP contribution < -0.4 is 0 Å². The third-order valence-electron chi connectivity index (χ3n) is 12.2. The minimum Gasteiger partial charge on any atom is -0.307 e. The van der Waals surface area contributed by atoms with E-state index in [2.05, 4.69) is 221 Å². The van der Waals surface area contributed by atoms with Crippen LogP contribution >= 0.6 is 0 Å². The van der Waals surface area contributed by atoms with Crippen LogP contribution in [0.4, 0.5) is 0 Å². The third-order valence-corrected chi connectivity index (χ3v) is 12.2. The van der Waals surface area contributed by atoms with Crippen LogP contribution in [0.25, 0.3) is 88.4 Å². The molecule has 1 aliphatic rings. The molecule has 0 N–H and O–H groups in total. The van der Waals surface area contributed by atoms with Crippen LogP contribution in [0, 0.1) is 0 Å². The Morgan fingerprint density at radius 2 is 0.807 bits per heavy atom. The second kappa shape index (κ2) is 12.6. The van der Waals surface area contributed by atoms with Gasteiger partial charge in [-0.15, -0.1) is 0 Å². The predicted octanol–water partition coefficient (Wildman–Crippen LogP) is 14.4. The fourth-order valence-corrected chi connectivity index (χ4v) is 9.66. The molecule has 1 unspecified atom stereocenters. The van der Waals surface area contributed by atoms with Gasteiger partial charge in [-0.25, -0.2) is 0 Å². The van der Waals surface area contributed by atoms with Crippen LogP contribution in [0.3, 0.4) is 0 Å². The second-order valence-corrected chi connectivity index (χ2v) is 15.3. The maximum atomic E-state index is 2.47. The summed E-state index contributed by atoms with van der Waals surface area (Å²) in [6, 6.07) is 78.1. The molecule has 9 aromatic carbocycles. The highest BCUT2D eigenvalue weighted by Gasteiger charge is 2.30. The molecule has 11 aromatic rings. The molecule has 0 spiro atoms. The van der Waals surface area contributed by atoms with Crippen LogP contribution in [-0.2, 0) is 0 Å². The molecule has 57 heavy (non-hydrogen) atoms. The lowest BCUT2D eigenvalue weighted by Gasteiger charge is -2.15. The fraction of sp³-hybridized carbons (Fsp3) is 0.0182. The lowest BCUT2D eigenvalue weighted by atomic mass is 9.88. The summed E-state index contributed by atoms with van der Waals surface area (Å²) in [6.07, 6.45) is 0. The Kier molecular flexibility index (Phi) is 7.02. The lowest BCUT2D eigenvalue weighted by Crippen LogP contribution is -1.99. The molecule has 0 saturated heterocycles. The van der Waals surface area contributed by atoms with Crippen molar-refractivity contribution >= 4 is 43.6 Å². The topological polar surface area (TPSA) is 9.86 Å². The van der Waals surface area contributed by atoms with Gasteiger partial charge in [0.15, 0.2) is 0 Å². The van der Waals surface area contributed by atoms with E-state index >= 15 is 0 Å². The van der Waals surface area contributed by atoms with Crippen LogP contribution in [0.5, 0.6) is 0 Å². The second-order valence-electron chi connectivity index (χ2n) is 15.3. The molecule has 1 atom stereocenters. The molecule has 2 nitrogen and oxygen atoms in total. The van der Waals surface area contributed by atoms with Gasteiger partial charge in [0.25, 0.3) is 0 Å². The van der Waals surface area contributed by atoms with Gasteiger partial charge in [0.2, 0.25) is 0 Å². The quantitative estimate of drug-likeness (QED) is 0.167. The predicted molar refractivity (Wildman–Crippen MR) is 239 cm³/mol. The average molecular weight is 725 g/mol. The van der Waals surface area contributed by atoms with E-state index in [0.717, 1.165) is 11.4 Å². The third kappa shape index (κ3) is 4.84.